The van der Waals surface area contributed by atoms with Crippen LogP contribution in [0.15, 0.2) is 23.8 Å². The second kappa shape index (κ2) is 10.3. The predicted octanol–water partition coefficient (Wildman–Crippen LogP) is 7.84. The highest BCUT2D eigenvalue weighted by atomic mass is 16.3. The van der Waals surface area contributed by atoms with E-state index in [9.17, 15) is 5.11 Å². The van der Waals surface area contributed by atoms with Crippen molar-refractivity contribution in [3.63, 3.8) is 0 Å². The zero-order valence-electron chi connectivity index (χ0n) is 20.3. The normalized spacial score (nSPS) is 18.1. The summed E-state index contributed by atoms with van der Waals surface area (Å²) in [5, 5.41) is 9.41. The highest BCUT2D eigenvalue weighted by Crippen LogP contribution is 2.41. The van der Waals surface area contributed by atoms with Crippen molar-refractivity contribution in [1.82, 2.24) is 0 Å². The molecule has 0 amide bonds. The molecule has 1 aromatic rings. The maximum Gasteiger partial charge on any atom is 0.0641 e. The molecule has 29 heavy (non-hydrogen) atoms. The highest BCUT2D eigenvalue weighted by Gasteiger charge is 2.32. The van der Waals surface area contributed by atoms with Gasteiger partial charge in [0.15, 0.2) is 0 Å². The minimum atomic E-state index is 0.237. The van der Waals surface area contributed by atoms with E-state index >= 15 is 0 Å². The summed E-state index contributed by atoms with van der Waals surface area (Å²) in [5.74, 6) is 0.697. The van der Waals surface area contributed by atoms with Gasteiger partial charge in [0.1, 0.15) is 0 Å². The lowest BCUT2D eigenvalue weighted by Gasteiger charge is -2.37. The van der Waals surface area contributed by atoms with Gasteiger partial charge in [0.25, 0.3) is 0 Å². The van der Waals surface area contributed by atoms with E-state index in [-0.39, 0.29) is 17.4 Å². The summed E-state index contributed by atoms with van der Waals surface area (Å²) in [6, 6.07) is 4.98. The molecule has 0 fully saturated rings. The van der Waals surface area contributed by atoms with E-state index in [0.29, 0.717) is 5.92 Å². The number of aliphatic hydroxyl groups excluding tert-OH is 1. The number of hydrogen-bond donors (Lipinski definition) is 1. The van der Waals surface area contributed by atoms with Crippen LogP contribution >= 0.6 is 0 Å². The van der Waals surface area contributed by atoms with Gasteiger partial charge in [-0.05, 0) is 90.5 Å². The number of aliphatic hydroxyl groups is 1. The molecule has 0 heterocycles. The van der Waals surface area contributed by atoms with Crippen LogP contribution in [0.4, 0.5) is 0 Å². The van der Waals surface area contributed by atoms with Gasteiger partial charge in [-0.3, -0.25) is 0 Å². The fraction of sp³-hybridized carbons (Fsp3) is 0.714. The molecule has 2 rings (SSSR count). The van der Waals surface area contributed by atoms with Crippen LogP contribution in [0, 0.1) is 25.2 Å². The lowest BCUT2D eigenvalue weighted by atomic mass is 9.67. The van der Waals surface area contributed by atoms with E-state index in [0.717, 1.165) is 19.3 Å². The molecule has 0 bridgehead atoms. The molecule has 1 atom stereocenters. The lowest BCUT2D eigenvalue weighted by molar-refractivity contribution is 0.188. The summed E-state index contributed by atoms with van der Waals surface area (Å²) in [4.78, 5) is 0. The smallest absolute Gasteiger partial charge is 0.0641 e. The Balaban J connectivity index is 2.19. The quantitative estimate of drug-likeness (QED) is 0.314. The van der Waals surface area contributed by atoms with E-state index in [4.69, 9.17) is 0 Å². The number of allylic oxidation sites excluding steroid dienone is 1. The number of aryl methyl sites for hydroxylation is 1. The molecule has 1 aliphatic carbocycles. The first-order valence-corrected chi connectivity index (χ1v) is 12.0. The molecule has 1 N–H and O–H groups in total. The Morgan fingerprint density at radius 3 is 2.34 bits per heavy atom. The molecule has 0 saturated carbocycles. The van der Waals surface area contributed by atoms with Gasteiger partial charge in [-0.2, -0.15) is 0 Å². The average Bonchev–Trinajstić information content (AvgIpc) is 2.68. The van der Waals surface area contributed by atoms with Gasteiger partial charge < -0.3 is 5.11 Å². The molecule has 1 aromatic carbocycles. The van der Waals surface area contributed by atoms with E-state index in [1.54, 1.807) is 5.56 Å². The third-order valence-corrected chi connectivity index (χ3v) is 7.67. The standard InChI is InChI=1S/C28H46O/c1-8-9-10-11-16-27(4,5)26-17-21(2)22(3)24(18-26)19-28(6,7)25-14-12-23(20-29)13-15-25/h12,17-18,25,29H,8-11,13-16,19-20H2,1-7H3. The Morgan fingerprint density at radius 2 is 1.76 bits per heavy atom. The van der Waals surface area contributed by atoms with Crippen LogP contribution in [0.1, 0.15) is 108 Å². The first-order chi connectivity index (χ1) is 13.6. The van der Waals surface area contributed by atoms with Crippen LogP contribution in [0.25, 0.3) is 0 Å². The highest BCUT2D eigenvalue weighted by molar-refractivity contribution is 5.41. The summed E-state index contributed by atoms with van der Waals surface area (Å²) >= 11 is 0. The molecule has 0 aromatic heterocycles. The summed E-state index contributed by atoms with van der Waals surface area (Å²) in [6.45, 7) is 16.9. The van der Waals surface area contributed by atoms with Gasteiger partial charge in [-0.1, -0.05) is 78.5 Å². The van der Waals surface area contributed by atoms with Gasteiger partial charge in [0.05, 0.1) is 6.61 Å². The molecule has 0 saturated heterocycles. The summed E-state index contributed by atoms with van der Waals surface area (Å²) in [5.41, 5.74) is 7.74. The van der Waals surface area contributed by atoms with Crippen molar-refractivity contribution in [2.75, 3.05) is 6.61 Å². The molecule has 1 heteroatoms. The molecular formula is C28H46O. The molecule has 164 valence electrons. The molecule has 1 aliphatic rings. The van der Waals surface area contributed by atoms with Crippen LogP contribution < -0.4 is 0 Å². The Morgan fingerprint density at radius 1 is 1.03 bits per heavy atom. The van der Waals surface area contributed by atoms with Crippen LogP contribution in [-0.2, 0) is 11.8 Å². The van der Waals surface area contributed by atoms with Crippen LogP contribution in [-0.4, -0.2) is 11.7 Å². The second-order valence-electron chi connectivity index (χ2n) is 10.9. The van der Waals surface area contributed by atoms with Crippen molar-refractivity contribution in [1.29, 1.82) is 0 Å². The van der Waals surface area contributed by atoms with E-state index in [1.165, 1.54) is 60.8 Å². The molecule has 0 spiro atoms. The van der Waals surface area contributed by atoms with Crippen molar-refractivity contribution in [3.8, 4) is 0 Å². The lowest BCUT2D eigenvalue weighted by Crippen LogP contribution is -2.29. The second-order valence-corrected chi connectivity index (χ2v) is 10.9. The van der Waals surface area contributed by atoms with E-state index in [2.05, 4.69) is 66.7 Å². The number of unbranched alkanes of at least 4 members (excludes halogenated alkanes) is 3. The Bertz CT molecular complexity index is 693. The molecule has 0 aliphatic heterocycles. The zero-order chi connectivity index (χ0) is 21.7. The fourth-order valence-corrected chi connectivity index (χ4v) is 5.02. The SMILES string of the molecule is CCCCCCC(C)(C)c1cc(C)c(C)c(CC(C)(C)C2CC=C(CO)CC2)c1. The van der Waals surface area contributed by atoms with Crippen molar-refractivity contribution < 1.29 is 5.11 Å². The molecule has 0 radical (unpaired) electrons. The first-order valence-electron chi connectivity index (χ1n) is 12.0. The van der Waals surface area contributed by atoms with Gasteiger partial charge in [-0.25, -0.2) is 0 Å². The average molecular weight is 399 g/mol. The number of rotatable bonds is 10. The third-order valence-electron chi connectivity index (χ3n) is 7.67. The summed E-state index contributed by atoms with van der Waals surface area (Å²) in [7, 11) is 0. The topological polar surface area (TPSA) is 20.2 Å². The third kappa shape index (κ3) is 6.45. The minimum Gasteiger partial charge on any atom is -0.392 e. The number of benzene rings is 1. The molecular weight excluding hydrogens is 352 g/mol. The predicted molar refractivity (Wildman–Crippen MR) is 128 cm³/mol. The van der Waals surface area contributed by atoms with Crippen LogP contribution in [0.3, 0.4) is 0 Å². The van der Waals surface area contributed by atoms with Gasteiger partial charge in [0, 0.05) is 0 Å². The summed E-state index contributed by atoms with van der Waals surface area (Å²) < 4.78 is 0. The largest absolute Gasteiger partial charge is 0.392 e. The van der Waals surface area contributed by atoms with Crippen molar-refractivity contribution >= 4 is 0 Å². The Kier molecular flexibility index (Phi) is 8.59. The fourth-order valence-electron chi connectivity index (χ4n) is 5.02. The number of hydrogen-bond acceptors (Lipinski definition) is 1. The van der Waals surface area contributed by atoms with Crippen molar-refractivity contribution in [2.45, 2.75) is 112 Å². The maximum absolute atomic E-state index is 9.41. The van der Waals surface area contributed by atoms with Gasteiger partial charge in [-0.15, -0.1) is 0 Å². The maximum atomic E-state index is 9.41. The van der Waals surface area contributed by atoms with E-state index < -0.39 is 0 Å². The van der Waals surface area contributed by atoms with Gasteiger partial charge >= 0.3 is 0 Å². The van der Waals surface area contributed by atoms with E-state index in [1.807, 2.05) is 0 Å². The Labute approximate surface area is 181 Å². The van der Waals surface area contributed by atoms with Crippen LogP contribution in [0.5, 0.6) is 0 Å². The molecule has 1 unspecified atom stereocenters. The first kappa shape index (κ1) is 24.2. The van der Waals surface area contributed by atoms with Crippen molar-refractivity contribution in [2.24, 2.45) is 11.3 Å². The monoisotopic (exact) mass is 398 g/mol. The van der Waals surface area contributed by atoms with Crippen LogP contribution in [0.2, 0.25) is 0 Å². The Hall–Kier alpha value is -1.08. The summed E-state index contributed by atoms with van der Waals surface area (Å²) in [6.07, 6.45) is 13.4. The van der Waals surface area contributed by atoms with Crippen molar-refractivity contribution in [3.05, 3.63) is 46.0 Å². The zero-order valence-corrected chi connectivity index (χ0v) is 20.3. The minimum absolute atomic E-state index is 0.237. The van der Waals surface area contributed by atoms with Gasteiger partial charge in [0.2, 0.25) is 0 Å². The molecule has 1 nitrogen and oxygen atoms in total.